The van der Waals surface area contributed by atoms with Crippen LogP contribution in [-0.2, 0) is 0 Å². The average molecular weight is 676 g/mol. The van der Waals surface area contributed by atoms with Gasteiger partial charge >= 0.3 is 0 Å². The van der Waals surface area contributed by atoms with Crippen molar-refractivity contribution in [2.24, 2.45) is 4.99 Å². The van der Waals surface area contributed by atoms with Crippen molar-refractivity contribution in [2.45, 2.75) is 12.3 Å². The van der Waals surface area contributed by atoms with E-state index in [4.69, 9.17) is 13.8 Å². The molecule has 1 aliphatic rings. The molecule has 242 valence electrons. The second-order valence-electron chi connectivity index (χ2n) is 13.2. The molecule has 2 N–H and O–H groups in total. The van der Waals surface area contributed by atoms with Crippen molar-refractivity contribution in [1.29, 1.82) is 0 Å². The van der Waals surface area contributed by atoms with Gasteiger partial charge in [-0.3, -0.25) is 5.32 Å². The summed E-state index contributed by atoms with van der Waals surface area (Å²) in [6.45, 7) is 0. The van der Waals surface area contributed by atoms with Crippen LogP contribution in [0.4, 0.5) is 0 Å². The summed E-state index contributed by atoms with van der Waals surface area (Å²) in [6, 6.07) is 53.3. The minimum atomic E-state index is -0.251. The Bertz CT molecular complexity index is 3010. The molecule has 1 aliphatic heterocycles. The summed E-state index contributed by atoms with van der Waals surface area (Å²) in [5.41, 5.74) is 9.17. The Hall–Kier alpha value is -6.21. The average Bonchev–Trinajstić information content (AvgIpc) is 3.88. The van der Waals surface area contributed by atoms with Crippen LogP contribution in [0.1, 0.15) is 29.0 Å². The molecule has 10 aromatic rings. The van der Waals surface area contributed by atoms with E-state index in [9.17, 15) is 0 Å². The first-order chi connectivity index (χ1) is 25.2. The molecule has 0 saturated heterocycles. The number of nitrogens with one attached hydrogen (secondary N) is 2. The molecule has 4 heterocycles. The number of amidine groups is 1. The fourth-order valence-electron chi connectivity index (χ4n) is 7.67. The number of thiophene rings is 1. The van der Waals surface area contributed by atoms with Crippen molar-refractivity contribution in [3.8, 4) is 11.1 Å². The summed E-state index contributed by atoms with van der Waals surface area (Å²) in [7, 11) is 0. The number of aliphatic imine (C=N–C) groups is 1. The lowest BCUT2D eigenvalue weighted by Gasteiger charge is -2.32. The van der Waals surface area contributed by atoms with E-state index in [0.29, 0.717) is 0 Å². The number of benzene rings is 7. The smallest absolute Gasteiger partial charge is 0.143 e. The molecule has 2 unspecified atom stereocenters. The molecular formula is C45H29N3O2S. The van der Waals surface area contributed by atoms with Gasteiger partial charge in [0.05, 0.1) is 0 Å². The van der Waals surface area contributed by atoms with Crippen LogP contribution in [0.25, 0.3) is 75.2 Å². The Morgan fingerprint density at radius 1 is 0.490 bits per heavy atom. The first kappa shape index (κ1) is 28.6. The molecule has 0 bridgehead atoms. The first-order valence-corrected chi connectivity index (χ1v) is 18.0. The predicted octanol–water partition coefficient (Wildman–Crippen LogP) is 11.9. The van der Waals surface area contributed by atoms with Crippen LogP contribution < -0.4 is 10.6 Å². The highest BCUT2D eigenvalue weighted by Gasteiger charge is 2.26. The predicted molar refractivity (Wildman–Crippen MR) is 210 cm³/mol. The van der Waals surface area contributed by atoms with Crippen molar-refractivity contribution < 1.29 is 8.83 Å². The molecule has 0 radical (unpaired) electrons. The summed E-state index contributed by atoms with van der Waals surface area (Å²) in [6.07, 6.45) is -0.374. The lowest BCUT2D eigenvalue weighted by atomic mass is 10.0. The Labute approximate surface area is 296 Å². The number of hydrogen-bond acceptors (Lipinski definition) is 6. The number of para-hydroxylation sites is 3. The van der Waals surface area contributed by atoms with Gasteiger partial charge in [0.25, 0.3) is 0 Å². The molecule has 0 aliphatic carbocycles. The zero-order valence-corrected chi connectivity index (χ0v) is 28.1. The van der Waals surface area contributed by atoms with Crippen molar-refractivity contribution in [1.82, 2.24) is 10.6 Å². The molecule has 2 atom stereocenters. The van der Waals surface area contributed by atoms with E-state index in [1.807, 2.05) is 35.6 Å². The van der Waals surface area contributed by atoms with E-state index in [2.05, 4.69) is 138 Å². The Morgan fingerprint density at radius 3 is 2.04 bits per heavy atom. The summed E-state index contributed by atoms with van der Waals surface area (Å²) < 4.78 is 15.0. The molecule has 11 rings (SSSR count). The third-order valence-electron chi connectivity index (χ3n) is 10.2. The SMILES string of the molecule is c1ccc(C2NC(c3ccc4oc5ccccc5c4c3)=NC(c3ccc4c(c3)sc3cc(-c5cccc6c5oc5ccccc56)ccc34)N2)cc1. The molecule has 0 saturated carbocycles. The van der Waals surface area contributed by atoms with E-state index in [-0.39, 0.29) is 12.3 Å². The molecule has 0 spiro atoms. The number of furan rings is 2. The van der Waals surface area contributed by atoms with Crippen molar-refractivity contribution in [3.63, 3.8) is 0 Å². The first-order valence-electron chi connectivity index (χ1n) is 17.2. The summed E-state index contributed by atoms with van der Waals surface area (Å²) in [4.78, 5) is 5.29. The lowest BCUT2D eigenvalue weighted by Crippen LogP contribution is -2.44. The van der Waals surface area contributed by atoms with E-state index in [0.717, 1.165) is 77.5 Å². The van der Waals surface area contributed by atoms with Gasteiger partial charge in [-0.25, -0.2) is 4.99 Å². The number of fused-ring (bicyclic) bond motifs is 9. The van der Waals surface area contributed by atoms with Gasteiger partial charge in [-0.2, -0.15) is 0 Å². The van der Waals surface area contributed by atoms with Crippen molar-refractivity contribution in [2.75, 3.05) is 0 Å². The van der Waals surface area contributed by atoms with Gasteiger partial charge in [-0.1, -0.05) is 109 Å². The minimum Gasteiger partial charge on any atom is -0.456 e. The monoisotopic (exact) mass is 675 g/mol. The van der Waals surface area contributed by atoms with Crippen LogP contribution in [-0.4, -0.2) is 5.84 Å². The van der Waals surface area contributed by atoms with Crippen LogP contribution in [0.15, 0.2) is 165 Å². The summed E-state index contributed by atoms with van der Waals surface area (Å²) in [5, 5.41) is 14.5. The van der Waals surface area contributed by atoms with Gasteiger partial charge < -0.3 is 14.2 Å². The molecule has 7 aromatic carbocycles. The molecule has 5 nitrogen and oxygen atoms in total. The number of nitrogens with zero attached hydrogens (tertiary/aromatic N) is 1. The molecule has 6 heteroatoms. The van der Waals surface area contributed by atoms with Gasteiger partial charge in [-0.05, 0) is 59.2 Å². The van der Waals surface area contributed by atoms with E-state index in [1.54, 1.807) is 0 Å². The highest BCUT2D eigenvalue weighted by Crippen LogP contribution is 2.41. The van der Waals surface area contributed by atoms with E-state index in [1.165, 1.54) is 20.2 Å². The quantitative estimate of drug-likeness (QED) is 0.195. The molecule has 0 amide bonds. The second-order valence-corrected chi connectivity index (χ2v) is 14.3. The van der Waals surface area contributed by atoms with Gasteiger partial charge in [0.1, 0.15) is 40.5 Å². The maximum atomic E-state index is 6.38. The molecular weight excluding hydrogens is 647 g/mol. The summed E-state index contributed by atoms with van der Waals surface area (Å²) >= 11 is 1.82. The van der Waals surface area contributed by atoms with Gasteiger partial charge in [0.15, 0.2) is 0 Å². The van der Waals surface area contributed by atoms with Gasteiger partial charge in [0.2, 0.25) is 0 Å². The highest BCUT2D eigenvalue weighted by atomic mass is 32.1. The Kier molecular flexibility index (Phi) is 6.26. The van der Waals surface area contributed by atoms with Crippen molar-refractivity contribution >= 4 is 81.2 Å². The number of hydrogen-bond donors (Lipinski definition) is 2. The van der Waals surface area contributed by atoms with Gasteiger partial charge in [0, 0.05) is 52.8 Å². The highest BCUT2D eigenvalue weighted by molar-refractivity contribution is 7.25. The van der Waals surface area contributed by atoms with Crippen LogP contribution in [0.3, 0.4) is 0 Å². The maximum absolute atomic E-state index is 6.38. The molecule has 0 fully saturated rings. The van der Waals surface area contributed by atoms with E-state index < -0.39 is 0 Å². The largest absolute Gasteiger partial charge is 0.456 e. The van der Waals surface area contributed by atoms with Crippen LogP contribution in [0, 0.1) is 0 Å². The second kappa shape index (κ2) is 11.2. The Morgan fingerprint density at radius 2 is 1.18 bits per heavy atom. The standard InChI is InChI=1S/C45H29N3O2S/c1-2-9-26(10-3-1)43-46-44(28-19-22-39-36(23-28)32-12-5-6-15-37(32)49-39)48-45(47-43)29-18-21-34-33-20-17-27(24-40(33)51-41(34)25-29)30-13-8-14-35-31-11-4-7-16-38(31)50-42(30)35/h1-25,43,45,47H,(H,46,48). The van der Waals surface area contributed by atoms with Crippen LogP contribution >= 0.6 is 11.3 Å². The van der Waals surface area contributed by atoms with Gasteiger partial charge in [-0.15, -0.1) is 11.3 Å². The normalized spacial score (nSPS) is 16.4. The maximum Gasteiger partial charge on any atom is 0.143 e. The summed E-state index contributed by atoms with van der Waals surface area (Å²) in [5.74, 6) is 0.848. The minimum absolute atomic E-state index is 0.123. The van der Waals surface area contributed by atoms with E-state index >= 15 is 0 Å². The Balaban J connectivity index is 1.00. The fourth-order valence-corrected chi connectivity index (χ4v) is 8.87. The third-order valence-corrected chi connectivity index (χ3v) is 11.3. The lowest BCUT2D eigenvalue weighted by molar-refractivity contribution is 0.409. The van der Waals surface area contributed by atoms with Crippen LogP contribution in [0.5, 0.6) is 0 Å². The fraction of sp³-hybridized carbons (Fsp3) is 0.0444. The molecule has 51 heavy (non-hydrogen) atoms. The third kappa shape index (κ3) is 4.61. The molecule has 3 aromatic heterocycles. The topological polar surface area (TPSA) is 62.7 Å². The zero-order chi connectivity index (χ0) is 33.5. The van der Waals surface area contributed by atoms with Crippen molar-refractivity contribution in [3.05, 3.63) is 168 Å². The zero-order valence-electron chi connectivity index (χ0n) is 27.3. The van der Waals surface area contributed by atoms with Crippen LogP contribution in [0.2, 0.25) is 0 Å². The number of rotatable bonds is 4.